The van der Waals surface area contributed by atoms with Gasteiger partial charge in [0.25, 0.3) is 0 Å². The maximum absolute atomic E-state index is 13.7. The molecule has 0 aliphatic carbocycles. The van der Waals surface area contributed by atoms with Gasteiger partial charge < -0.3 is 24.2 Å². The average Bonchev–Trinajstić information content (AvgIpc) is 2.87. The summed E-state index contributed by atoms with van der Waals surface area (Å²) in [5, 5.41) is 10.5. The smallest absolute Gasteiger partial charge is 0.243 e. The lowest BCUT2D eigenvalue weighted by Crippen LogP contribution is -2.51. The van der Waals surface area contributed by atoms with Crippen molar-refractivity contribution in [3.63, 3.8) is 0 Å². The molecular weight excluding hydrogens is 528 g/mol. The minimum atomic E-state index is -3.75. The second-order valence-electron chi connectivity index (χ2n) is 12.5. The summed E-state index contributed by atoms with van der Waals surface area (Å²) in [6, 6.07) is 12.8. The Hall–Kier alpha value is -2.17. The third kappa shape index (κ3) is 7.76. The predicted octanol–water partition coefficient (Wildman–Crippen LogP) is 4.91. The number of hydrogen-bond acceptors (Lipinski definition) is 7. The molecule has 222 valence electrons. The zero-order valence-corrected chi connectivity index (χ0v) is 25.7. The zero-order chi connectivity index (χ0) is 29.1. The number of fused-ring (bicyclic) bond motifs is 1. The van der Waals surface area contributed by atoms with Crippen molar-refractivity contribution >= 4 is 15.7 Å². The Labute approximate surface area is 240 Å². The van der Waals surface area contributed by atoms with Crippen LogP contribution in [0.1, 0.15) is 64.5 Å². The molecule has 0 unspecified atom stereocenters. The first-order chi connectivity index (χ1) is 18.8. The van der Waals surface area contributed by atoms with Gasteiger partial charge in [-0.3, -0.25) is 0 Å². The number of rotatable bonds is 11. The number of sulfonamides is 1. The van der Waals surface area contributed by atoms with E-state index >= 15 is 0 Å². The topological polar surface area (TPSA) is 88.5 Å². The lowest BCUT2D eigenvalue weighted by atomic mass is 9.92. The lowest BCUT2D eigenvalue weighted by molar-refractivity contribution is -0.0215. The fourth-order valence-electron chi connectivity index (χ4n) is 5.69. The van der Waals surface area contributed by atoms with Crippen LogP contribution in [0.5, 0.6) is 5.75 Å². The summed E-state index contributed by atoms with van der Waals surface area (Å²) in [6.07, 6.45) is 2.39. The Balaban J connectivity index is 1.49. The number of methoxy groups -OCH3 is 1. The largest absolute Gasteiger partial charge is 0.484 e. The molecule has 9 heteroatoms. The van der Waals surface area contributed by atoms with Crippen LogP contribution in [0.15, 0.2) is 47.4 Å². The Bertz CT molecular complexity index is 1240. The van der Waals surface area contributed by atoms with Gasteiger partial charge in [-0.25, -0.2) is 8.42 Å². The van der Waals surface area contributed by atoms with Crippen molar-refractivity contribution < 1.29 is 27.7 Å². The number of anilines is 1. The fourth-order valence-corrected chi connectivity index (χ4v) is 7.38. The van der Waals surface area contributed by atoms with E-state index in [0.29, 0.717) is 26.1 Å². The molecule has 0 amide bonds. The van der Waals surface area contributed by atoms with E-state index in [-0.39, 0.29) is 29.2 Å². The summed E-state index contributed by atoms with van der Waals surface area (Å²) in [5.74, 6) is 0.861. The molecule has 1 fully saturated rings. The fraction of sp³-hybridized carbons (Fsp3) is 0.613. The maximum Gasteiger partial charge on any atom is 0.243 e. The molecule has 0 saturated carbocycles. The number of aryl methyl sites for hydroxylation is 1. The van der Waals surface area contributed by atoms with E-state index in [0.717, 1.165) is 48.5 Å². The Morgan fingerprint density at radius 3 is 2.52 bits per heavy atom. The van der Waals surface area contributed by atoms with Crippen LogP contribution in [0.2, 0.25) is 0 Å². The number of aliphatic hydroxyl groups is 1. The van der Waals surface area contributed by atoms with Crippen LogP contribution in [0.25, 0.3) is 0 Å². The summed E-state index contributed by atoms with van der Waals surface area (Å²) in [7, 11) is -2.03. The lowest BCUT2D eigenvalue weighted by Gasteiger charge is -2.41. The van der Waals surface area contributed by atoms with Crippen molar-refractivity contribution in [1.82, 2.24) is 4.31 Å². The van der Waals surface area contributed by atoms with Gasteiger partial charge in [-0.1, -0.05) is 23.8 Å². The van der Waals surface area contributed by atoms with Gasteiger partial charge in [-0.15, -0.1) is 0 Å². The van der Waals surface area contributed by atoms with E-state index in [9.17, 15) is 13.5 Å². The average molecular weight is 575 g/mol. The minimum Gasteiger partial charge on any atom is -0.484 e. The van der Waals surface area contributed by atoms with E-state index in [1.807, 2.05) is 31.2 Å². The van der Waals surface area contributed by atoms with E-state index in [1.54, 1.807) is 37.4 Å². The van der Waals surface area contributed by atoms with Crippen LogP contribution >= 0.6 is 0 Å². The van der Waals surface area contributed by atoms with Gasteiger partial charge in [0.1, 0.15) is 11.4 Å². The first kappa shape index (κ1) is 30.8. The number of ether oxygens (including phenoxy) is 3. The van der Waals surface area contributed by atoms with Gasteiger partial charge in [0.15, 0.2) is 0 Å². The molecule has 2 aromatic carbocycles. The van der Waals surface area contributed by atoms with E-state index < -0.39 is 15.6 Å². The highest BCUT2D eigenvalue weighted by molar-refractivity contribution is 7.89. The molecule has 40 heavy (non-hydrogen) atoms. The van der Waals surface area contributed by atoms with E-state index in [2.05, 4.69) is 24.8 Å². The van der Waals surface area contributed by atoms with E-state index in [1.165, 1.54) is 0 Å². The van der Waals surface area contributed by atoms with Crippen LogP contribution in [0.4, 0.5) is 5.69 Å². The first-order valence-corrected chi connectivity index (χ1v) is 15.7. The van der Waals surface area contributed by atoms with Crippen LogP contribution in [0, 0.1) is 6.92 Å². The summed E-state index contributed by atoms with van der Waals surface area (Å²) in [6.45, 7) is 12.6. The van der Waals surface area contributed by atoms with Crippen molar-refractivity contribution in [3.05, 3.63) is 53.6 Å². The SMILES string of the molecule is COCCCN1CC(C)(C)Oc2ccc(CO[C@@H]3CC[C@@H](CC(C)(C)O)N(S(=O)(=O)c4ccc(C)cc4)C3)cc21. The Morgan fingerprint density at radius 2 is 1.85 bits per heavy atom. The summed E-state index contributed by atoms with van der Waals surface area (Å²) < 4.78 is 46.9. The molecule has 0 radical (unpaired) electrons. The molecule has 2 atom stereocenters. The van der Waals surface area contributed by atoms with Crippen LogP contribution < -0.4 is 9.64 Å². The van der Waals surface area contributed by atoms with Crippen molar-refractivity contribution in [2.75, 3.05) is 38.3 Å². The summed E-state index contributed by atoms with van der Waals surface area (Å²) in [5.41, 5.74) is 1.81. The molecule has 0 spiro atoms. The zero-order valence-electron chi connectivity index (χ0n) is 24.9. The second-order valence-corrected chi connectivity index (χ2v) is 14.4. The van der Waals surface area contributed by atoms with Gasteiger partial charge in [0, 0.05) is 32.8 Å². The number of nitrogens with zero attached hydrogens (tertiary/aromatic N) is 2. The maximum atomic E-state index is 13.7. The molecule has 2 heterocycles. The standard InChI is InChI=1S/C31H46N2O6S/c1-23-8-13-27(14-9-23)40(35,36)33-20-26(12-11-25(33)19-30(2,3)34)38-21-24-10-15-29-28(18-24)32(16-7-17-37-6)22-31(4,5)39-29/h8-10,13-15,18,25-26,34H,7,11-12,16-17,19-22H2,1-6H3/t25-,26+/m0/s1. The number of hydrogen-bond donors (Lipinski definition) is 1. The predicted molar refractivity (Wildman–Crippen MR) is 157 cm³/mol. The molecule has 2 aliphatic heterocycles. The van der Waals surface area contributed by atoms with Crippen LogP contribution in [-0.4, -0.2) is 74.5 Å². The Morgan fingerprint density at radius 1 is 1.12 bits per heavy atom. The highest BCUT2D eigenvalue weighted by Gasteiger charge is 2.39. The Kier molecular flexibility index (Phi) is 9.52. The van der Waals surface area contributed by atoms with Crippen molar-refractivity contribution in [1.29, 1.82) is 0 Å². The number of benzene rings is 2. The normalized spacial score (nSPS) is 21.6. The van der Waals surface area contributed by atoms with Crippen molar-refractivity contribution in [2.45, 2.75) is 95.2 Å². The van der Waals surface area contributed by atoms with Crippen molar-refractivity contribution in [2.24, 2.45) is 0 Å². The first-order valence-electron chi connectivity index (χ1n) is 14.3. The highest BCUT2D eigenvalue weighted by Crippen LogP contribution is 2.38. The highest BCUT2D eigenvalue weighted by atomic mass is 32.2. The summed E-state index contributed by atoms with van der Waals surface area (Å²) in [4.78, 5) is 2.62. The van der Waals surface area contributed by atoms with Crippen molar-refractivity contribution in [3.8, 4) is 5.75 Å². The third-order valence-corrected chi connectivity index (χ3v) is 9.49. The monoisotopic (exact) mass is 574 g/mol. The van der Waals surface area contributed by atoms with Gasteiger partial charge in [-0.2, -0.15) is 4.31 Å². The second kappa shape index (κ2) is 12.4. The molecule has 2 aliphatic rings. The third-order valence-electron chi connectivity index (χ3n) is 7.56. The molecule has 0 bridgehead atoms. The summed E-state index contributed by atoms with van der Waals surface area (Å²) >= 11 is 0. The molecular formula is C31H46N2O6S. The van der Waals surface area contributed by atoms with Crippen LogP contribution in [-0.2, 0) is 26.1 Å². The van der Waals surface area contributed by atoms with Crippen LogP contribution in [0.3, 0.4) is 0 Å². The molecule has 1 saturated heterocycles. The quantitative estimate of drug-likeness (QED) is 0.382. The van der Waals surface area contributed by atoms with E-state index in [4.69, 9.17) is 14.2 Å². The number of piperidine rings is 1. The minimum absolute atomic E-state index is 0.248. The van der Waals surface area contributed by atoms with Gasteiger partial charge in [0.2, 0.25) is 10.0 Å². The van der Waals surface area contributed by atoms with Gasteiger partial charge in [-0.05, 0) is 90.1 Å². The molecule has 0 aromatic heterocycles. The van der Waals surface area contributed by atoms with Gasteiger partial charge >= 0.3 is 0 Å². The van der Waals surface area contributed by atoms with Gasteiger partial charge in [0.05, 0.1) is 35.4 Å². The molecule has 8 nitrogen and oxygen atoms in total. The molecule has 4 rings (SSSR count). The molecule has 2 aromatic rings. The molecule has 1 N–H and O–H groups in total.